The van der Waals surface area contributed by atoms with Gasteiger partial charge in [-0.05, 0) is 31.1 Å². The number of aliphatic hydroxyl groups excluding tert-OH is 1. The second kappa shape index (κ2) is 9.50. The number of carbonyl (C=O) groups is 1. The Bertz CT molecular complexity index is 444. The third kappa shape index (κ3) is 5.91. The Morgan fingerprint density at radius 1 is 1.15 bits per heavy atom. The van der Waals surface area contributed by atoms with Gasteiger partial charge in [0.1, 0.15) is 6.17 Å². The fraction of sp³-hybridized carbons (Fsp3) is 0.952. The van der Waals surface area contributed by atoms with E-state index in [-0.39, 0.29) is 18.4 Å². The highest BCUT2D eigenvalue weighted by atomic mass is 19.1. The van der Waals surface area contributed by atoms with Gasteiger partial charge in [0.15, 0.2) is 0 Å². The zero-order valence-electron chi connectivity index (χ0n) is 17.7. The maximum Gasteiger partial charge on any atom is 0.317 e. The van der Waals surface area contributed by atoms with Gasteiger partial charge in [-0.25, -0.2) is 4.39 Å². The molecule has 1 saturated carbocycles. The van der Waals surface area contributed by atoms with E-state index >= 15 is 0 Å². The van der Waals surface area contributed by atoms with E-state index in [4.69, 9.17) is 9.47 Å². The van der Waals surface area contributed by atoms with E-state index in [0.29, 0.717) is 19.3 Å². The molecule has 0 heterocycles. The molecule has 0 amide bonds. The summed E-state index contributed by atoms with van der Waals surface area (Å²) in [5, 5.41) is 10.0. The third-order valence-electron chi connectivity index (χ3n) is 5.41. The number of hydrogen-bond donors (Lipinski definition) is 1. The summed E-state index contributed by atoms with van der Waals surface area (Å²) in [5.41, 5.74) is -1.45. The third-order valence-corrected chi connectivity index (χ3v) is 5.41. The fourth-order valence-corrected chi connectivity index (χ4v) is 3.58. The van der Waals surface area contributed by atoms with E-state index in [1.807, 2.05) is 48.5 Å². The Labute approximate surface area is 158 Å². The van der Waals surface area contributed by atoms with Gasteiger partial charge < -0.3 is 14.6 Å². The van der Waals surface area contributed by atoms with Crippen molar-refractivity contribution >= 4 is 5.97 Å². The van der Waals surface area contributed by atoms with E-state index in [1.165, 1.54) is 0 Å². The molecule has 0 aliphatic heterocycles. The first kappa shape index (κ1) is 23.4. The molecule has 1 rings (SSSR count). The van der Waals surface area contributed by atoms with Crippen molar-refractivity contribution in [3.8, 4) is 0 Å². The number of esters is 1. The lowest BCUT2D eigenvalue weighted by Crippen LogP contribution is -2.48. The number of carbonyl (C=O) groups excluding carboxylic acids is 1. The summed E-state index contributed by atoms with van der Waals surface area (Å²) in [7, 11) is 0. The highest BCUT2D eigenvalue weighted by molar-refractivity contribution is 5.77. The standard InChI is InChI=1S/C21H39FO4/c1-14(2)12-21(13-23,15(3)4)18(24)26-19(20(5,6)7)25-17-11-9-8-10-16(17)22/h14-17,19,23H,8-13H2,1-7H3. The highest BCUT2D eigenvalue weighted by Crippen LogP contribution is 2.38. The Balaban J connectivity index is 2.99. The van der Waals surface area contributed by atoms with Crippen LogP contribution in [0.1, 0.15) is 80.6 Å². The van der Waals surface area contributed by atoms with E-state index in [2.05, 4.69) is 0 Å². The molecule has 4 atom stereocenters. The van der Waals surface area contributed by atoms with E-state index in [9.17, 15) is 14.3 Å². The molecule has 1 fully saturated rings. The monoisotopic (exact) mass is 374 g/mol. The first-order chi connectivity index (χ1) is 11.9. The first-order valence-electron chi connectivity index (χ1n) is 10.1. The summed E-state index contributed by atoms with van der Waals surface area (Å²) in [6.45, 7) is 13.4. The van der Waals surface area contributed by atoms with Crippen LogP contribution in [-0.4, -0.2) is 36.2 Å². The van der Waals surface area contributed by atoms with Gasteiger partial charge in [-0.3, -0.25) is 4.79 Å². The lowest BCUT2D eigenvalue weighted by Gasteiger charge is -2.40. The Hall–Kier alpha value is -0.680. The average molecular weight is 375 g/mol. The SMILES string of the molecule is CC(C)CC(CO)(C(=O)OC(OC1CCCCC1F)C(C)(C)C)C(C)C. The molecule has 0 saturated heterocycles. The Morgan fingerprint density at radius 2 is 1.73 bits per heavy atom. The summed E-state index contributed by atoms with van der Waals surface area (Å²) in [6, 6.07) is 0. The van der Waals surface area contributed by atoms with Gasteiger partial charge in [0.25, 0.3) is 0 Å². The van der Waals surface area contributed by atoms with Crippen LogP contribution < -0.4 is 0 Å². The smallest absolute Gasteiger partial charge is 0.317 e. The molecule has 4 nitrogen and oxygen atoms in total. The number of aliphatic hydroxyl groups is 1. The zero-order chi connectivity index (χ0) is 20.1. The van der Waals surface area contributed by atoms with Crippen molar-refractivity contribution in [3.63, 3.8) is 0 Å². The minimum atomic E-state index is -1.02. The average Bonchev–Trinajstić information content (AvgIpc) is 2.52. The summed E-state index contributed by atoms with van der Waals surface area (Å²) < 4.78 is 26.0. The first-order valence-corrected chi connectivity index (χ1v) is 10.1. The van der Waals surface area contributed by atoms with Crippen molar-refractivity contribution in [2.45, 2.75) is 99.1 Å². The molecular formula is C21H39FO4. The van der Waals surface area contributed by atoms with Crippen LogP contribution in [0.5, 0.6) is 0 Å². The summed E-state index contributed by atoms with van der Waals surface area (Å²) in [5.74, 6) is -0.291. The number of halogens is 1. The largest absolute Gasteiger partial charge is 0.435 e. The molecule has 0 aromatic rings. The second-order valence-electron chi connectivity index (χ2n) is 9.65. The van der Waals surface area contributed by atoms with Crippen LogP contribution in [0.4, 0.5) is 4.39 Å². The molecule has 154 valence electrons. The van der Waals surface area contributed by atoms with Crippen molar-refractivity contribution in [2.24, 2.45) is 22.7 Å². The van der Waals surface area contributed by atoms with E-state index in [0.717, 1.165) is 12.8 Å². The van der Waals surface area contributed by atoms with Gasteiger partial charge in [-0.2, -0.15) is 0 Å². The number of rotatable bonds is 8. The molecule has 5 heteroatoms. The Morgan fingerprint density at radius 3 is 2.15 bits per heavy atom. The number of alkyl halides is 1. The van der Waals surface area contributed by atoms with Crippen molar-refractivity contribution in [1.29, 1.82) is 0 Å². The molecule has 0 spiro atoms. The minimum Gasteiger partial charge on any atom is -0.435 e. The van der Waals surface area contributed by atoms with Crippen LogP contribution in [-0.2, 0) is 14.3 Å². The predicted octanol–water partition coefficient (Wildman–Crippen LogP) is 4.88. The van der Waals surface area contributed by atoms with Crippen LogP contribution in [0.3, 0.4) is 0 Å². The van der Waals surface area contributed by atoms with Crippen LogP contribution in [0, 0.1) is 22.7 Å². The highest BCUT2D eigenvalue weighted by Gasteiger charge is 2.46. The van der Waals surface area contributed by atoms with Crippen molar-refractivity contribution < 1.29 is 23.8 Å². The molecular weight excluding hydrogens is 335 g/mol. The second-order valence-corrected chi connectivity index (χ2v) is 9.65. The summed E-state index contributed by atoms with van der Waals surface area (Å²) in [6.07, 6.45) is 1.08. The molecule has 1 N–H and O–H groups in total. The van der Waals surface area contributed by atoms with Gasteiger partial charge >= 0.3 is 5.97 Å². The van der Waals surface area contributed by atoms with Crippen LogP contribution in [0.25, 0.3) is 0 Å². The van der Waals surface area contributed by atoms with Crippen molar-refractivity contribution in [3.05, 3.63) is 0 Å². The van der Waals surface area contributed by atoms with Crippen LogP contribution in [0.2, 0.25) is 0 Å². The lowest BCUT2D eigenvalue weighted by atomic mass is 9.72. The molecule has 0 bridgehead atoms. The molecule has 0 radical (unpaired) electrons. The van der Waals surface area contributed by atoms with Gasteiger partial charge in [-0.15, -0.1) is 0 Å². The van der Waals surface area contributed by atoms with Crippen LogP contribution >= 0.6 is 0 Å². The molecule has 1 aliphatic rings. The van der Waals surface area contributed by atoms with Gasteiger partial charge in [0.05, 0.1) is 18.1 Å². The Kier molecular flexibility index (Phi) is 8.53. The van der Waals surface area contributed by atoms with Crippen LogP contribution in [0.15, 0.2) is 0 Å². The van der Waals surface area contributed by atoms with Gasteiger partial charge in [0.2, 0.25) is 6.29 Å². The molecule has 0 aromatic carbocycles. The molecule has 26 heavy (non-hydrogen) atoms. The maximum absolute atomic E-state index is 14.2. The molecule has 4 unspecified atom stereocenters. The van der Waals surface area contributed by atoms with E-state index < -0.39 is 35.4 Å². The maximum atomic E-state index is 14.2. The van der Waals surface area contributed by atoms with Gasteiger partial charge in [-0.1, -0.05) is 61.3 Å². The quantitative estimate of drug-likeness (QED) is 0.486. The van der Waals surface area contributed by atoms with E-state index in [1.54, 1.807) is 0 Å². The zero-order valence-corrected chi connectivity index (χ0v) is 17.7. The summed E-state index contributed by atoms with van der Waals surface area (Å²) in [4.78, 5) is 13.1. The van der Waals surface area contributed by atoms with Crippen molar-refractivity contribution in [1.82, 2.24) is 0 Å². The minimum absolute atomic E-state index is 0.0772. The normalized spacial score (nSPS) is 25.2. The fourth-order valence-electron chi connectivity index (χ4n) is 3.58. The predicted molar refractivity (Wildman–Crippen MR) is 101 cm³/mol. The number of hydrogen-bond acceptors (Lipinski definition) is 4. The lowest BCUT2D eigenvalue weighted by molar-refractivity contribution is -0.240. The molecule has 0 aromatic heterocycles. The van der Waals surface area contributed by atoms with Gasteiger partial charge in [0, 0.05) is 5.41 Å². The molecule has 1 aliphatic carbocycles. The van der Waals surface area contributed by atoms with Crippen molar-refractivity contribution in [2.75, 3.05) is 6.61 Å². The topological polar surface area (TPSA) is 55.8 Å². The summed E-state index contributed by atoms with van der Waals surface area (Å²) >= 11 is 0. The number of ether oxygens (including phenoxy) is 2.